The molecule has 1 aromatic heterocycles. The summed E-state index contributed by atoms with van der Waals surface area (Å²) < 4.78 is 70.0. The van der Waals surface area contributed by atoms with Crippen molar-refractivity contribution >= 4 is 23.8 Å². The van der Waals surface area contributed by atoms with Crippen molar-refractivity contribution in [3.8, 4) is 11.1 Å². The monoisotopic (exact) mass is 634 g/mol. The first-order chi connectivity index (χ1) is 21.1. The molecule has 1 spiro atoms. The first-order valence-electron chi connectivity index (χ1n) is 13.6. The lowest BCUT2D eigenvalue weighted by atomic mass is 9.90. The normalized spacial score (nSPS) is 19.9. The molecule has 3 atom stereocenters. The van der Waals surface area contributed by atoms with Gasteiger partial charge in [-0.2, -0.15) is 18.3 Å². The lowest BCUT2D eigenvalue weighted by Crippen LogP contribution is -2.51. The number of hydrogen-bond acceptors (Lipinski definition) is 6. The van der Waals surface area contributed by atoms with Crippen LogP contribution >= 0.6 is 0 Å². The zero-order valence-corrected chi connectivity index (χ0v) is 23.9. The molecule has 0 saturated carbocycles. The van der Waals surface area contributed by atoms with Crippen LogP contribution in [0.15, 0.2) is 48.8 Å². The third-order valence-electron chi connectivity index (χ3n) is 7.93. The minimum atomic E-state index is -4.94. The molecule has 238 valence electrons. The van der Waals surface area contributed by atoms with Gasteiger partial charge >= 0.3 is 12.2 Å². The number of nitrogens with zero attached hydrogens (tertiary/aromatic N) is 4. The summed E-state index contributed by atoms with van der Waals surface area (Å²) in [6.45, 7) is -1.31. The number of hydrogen-bond donors (Lipinski definition) is 3. The first-order valence-corrected chi connectivity index (χ1v) is 13.6. The molecule has 16 heteroatoms. The molecule has 3 N–H and O–H groups in total. The number of benzene rings is 2. The highest BCUT2D eigenvalue weighted by atomic mass is 19.4. The molecule has 2 aromatic carbocycles. The van der Waals surface area contributed by atoms with Crippen LogP contribution in [0.4, 0.5) is 26.7 Å². The molecule has 45 heavy (non-hydrogen) atoms. The molecular weight excluding hydrogens is 607 g/mol. The number of carbonyl (C=O) groups is 4. The van der Waals surface area contributed by atoms with E-state index in [1.54, 1.807) is 18.3 Å². The predicted molar refractivity (Wildman–Crippen MR) is 146 cm³/mol. The van der Waals surface area contributed by atoms with E-state index in [1.807, 2.05) is 0 Å². The topological polar surface area (TPSA) is 137 Å². The number of imide groups is 1. The van der Waals surface area contributed by atoms with Crippen LogP contribution in [0.3, 0.4) is 0 Å². The van der Waals surface area contributed by atoms with Crippen molar-refractivity contribution in [3.05, 3.63) is 77.1 Å². The third-order valence-corrected chi connectivity index (χ3v) is 7.93. The highest BCUT2D eigenvalue weighted by Crippen LogP contribution is 2.47. The van der Waals surface area contributed by atoms with E-state index in [0.717, 1.165) is 12.1 Å². The molecule has 2 aliphatic rings. The summed E-state index contributed by atoms with van der Waals surface area (Å²) in [4.78, 5) is 52.4. The fourth-order valence-electron chi connectivity index (χ4n) is 5.58. The minimum absolute atomic E-state index is 0.0272. The summed E-state index contributed by atoms with van der Waals surface area (Å²) in [5.74, 6) is -4.65. The maximum Gasteiger partial charge on any atom is 0.408 e. The van der Waals surface area contributed by atoms with E-state index in [0.29, 0.717) is 34.6 Å². The quantitative estimate of drug-likeness (QED) is 0.258. The average molecular weight is 635 g/mol. The molecule has 5 amide bonds. The number of rotatable bonds is 8. The van der Waals surface area contributed by atoms with E-state index in [1.165, 1.54) is 24.0 Å². The van der Waals surface area contributed by atoms with Crippen molar-refractivity contribution in [2.75, 3.05) is 13.6 Å². The second-order valence-corrected chi connectivity index (χ2v) is 10.9. The standard InChI is InChI=1S/C29H27F5N6O5/c1-15(29(32,33)34)39(11-16-5-19(30)8-20(31)6-16)25(43)14-40-26(44)28(37-27(40)45)9-23(41)21-7-17(3-4-22(21)28)18-10-36-38(12-18)13-24(42)35-2/h3-8,10,12,15,23,41H,9,11,13-14H2,1-2H3,(H,35,42)(H,37,45)/t15?,23-,28-/m0/s1. The Labute approximate surface area is 252 Å². The zero-order chi connectivity index (χ0) is 32.8. The second-order valence-electron chi connectivity index (χ2n) is 10.9. The number of urea groups is 1. The van der Waals surface area contributed by atoms with Gasteiger partial charge in [0.05, 0.1) is 12.3 Å². The van der Waals surface area contributed by atoms with Crippen molar-refractivity contribution in [1.82, 2.24) is 30.2 Å². The number of fused-ring (bicyclic) bond motifs is 2. The van der Waals surface area contributed by atoms with Crippen molar-refractivity contribution in [2.45, 2.75) is 50.3 Å². The Bertz CT molecular complexity index is 1670. The number of amides is 5. The largest absolute Gasteiger partial charge is 0.408 e. The summed E-state index contributed by atoms with van der Waals surface area (Å²) in [7, 11) is 1.49. The van der Waals surface area contributed by atoms with E-state index >= 15 is 0 Å². The smallest absolute Gasteiger partial charge is 0.388 e. The van der Waals surface area contributed by atoms with Gasteiger partial charge < -0.3 is 20.6 Å². The number of alkyl halides is 3. The summed E-state index contributed by atoms with van der Waals surface area (Å²) >= 11 is 0. The fraction of sp³-hybridized carbons (Fsp3) is 0.345. The van der Waals surface area contributed by atoms with Gasteiger partial charge in [0.1, 0.15) is 36.3 Å². The van der Waals surface area contributed by atoms with Crippen LogP contribution in [0.25, 0.3) is 11.1 Å². The molecule has 5 rings (SSSR count). The molecular formula is C29H27F5N6O5. The Kier molecular flexibility index (Phi) is 8.12. The van der Waals surface area contributed by atoms with Gasteiger partial charge in [0, 0.05) is 37.8 Å². The second kappa shape index (κ2) is 11.6. The lowest BCUT2D eigenvalue weighted by Gasteiger charge is -2.32. The number of aromatic nitrogens is 2. The zero-order valence-electron chi connectivity index (χ0n) is 23.9. The van der Waals surface area contributed by atoms with Gasteiger partial charge in [0.15, 0.2) is 0 Å². The number of aliphatic hydroxyl groups excluding tert-OH is 1. The van der Waals surface area contributed by atoms with E-state index in [4.69, 9.17) is 0 Å². The van der Waals surface area contributed by atoms with Gasteiger partial charge in [-0.25, -0.2) is 13.6 Å². The minimum Gasteiger partial charge on any atom is -0.388 e. The van der Waals surface area contributed by atoms with E-state index in [2.05, 4.69) is 15.7 Å². The van der Waals surface area contributed by atoms with Gasteiger partial charge in [-0.1, -0.05) is 12.1 Å². The van der Waals surface area contributed by atoms with Gasteiger partial charge in [-0.3, -0.25) is 24.0 Å². The molecule has 0 radical (unpaired) electrons. The number of carbonyl (C=O) groups excluding carboxylic acids is 4. The van der Waals surface area contributed by atoms with Crippen LogP contribution in [0.5, 0.6) is 0 Å². The summed E-state index contributed by atoms with van der Waals surface area (Å²) in [6, 6.07) is 3.28. The summed E-state index contributed by atoms with van der Waals surface area (Å²) in [6.07, 6.45) is -3.36. The molecule has 3 aromatic rings. The highest BCUT2D eigenvalue weighted by molar-refractivity contribution is 6.10. The Morgan fingerprint density at radius 1 is 1.13 bits per heavy atom. The maximum atomic E-state index is 13.7. The van der Waals surface area contributed by atoms with Gasteiger partial charge in [0.25, 0.3) is 5.91 Å². The van der Waals surface area contributed by atoms with Crippen LogP contribution in [-0.2, 0) is 33.0 Å². The number of aliphatic hydroxyl groups is 1. The number of nitrogens with one attached hydrogen (secondary N) is 2. The molecule has 1 fully saturated rings. The number of likely N-dealkylation sites (N-methyl/N-ethyl adjacent to an activating group) is 1. The van der Waals surface area contributed by atoms with E-state index in [-0.39, 0.29) is 34.9 Å². The fourth-order valence-corrected chi connectivity index (χ4v) is 5.58. The highest BCUT2D eigenvalue weighted by Gasteiger charge is 2.58. The predicted octanol–water partition coefficient (Wildman–Crippen LogP) is 2.74. The molecule has 1 saturated heterocycles. The first kappa shape index (κ1) is 31.6. The van der Waals surface area contributed by atoms with Crippen molar-refractivity contribution in [2.24, 2.45) is 0 Å². The molecule has 0 bridgehead atoms. The van der Waals surface area contributed by atoms with Crippen LogP contribution in [0, 0.1) is 11.6 Å². The number of halogens is 5. The van der Waals surface area contributed by atoms with Crippen LogP contribution in [0.1, 0.15) is 36.1 Å². The Balaban J connectivity index is 1.39. The van der Waals surface area contributed by atoms with E-state index in [9.17, 15) is 46.2 Å². The molecule has 11 nitrogen and oxygen atoms in total. The lowest BCUT2D eigenvalue weighted by molar-refractivity contribution is -0.187. The van der Waals surface area contributed by atoms with Crippen molar-refractivity contribution < 1.29 is 46.2 Å². The van der Waals surface area contributed by atoms with Crippen molar-refractivity contribution in [3.63, 3.8) is 0 Å². The summed E-state index contributed by atoms with van der Waals surface area (Å²) in [5, 5.41) is 20.0. The van der Waals surface area contributed by atoms with Crippen LogP contribution < -0.4 is 10.6 Å². The van der Waals surface area contributed by atoms with Crippen LogP contribution in [0.2, 0.25) is 0 Å². The van der Waals surface area contributed by atoms with Gasteiger partial charge in [-0.15, -0.1) is 0 Å². The Morgan fingerprint density at radius 2 is 1.82 bits per heavy atom. The molecule has 1 aliphatic carbocycles. The average Bonchev–Trinajstić information content (AvgIpc) is 3.61. The molecule has 1 aliphatic heterocycles. The summed E-state index contributed by atoms with van der Waals surface area (Å²) in [5.41, 5.74) is -0.341. The molecule has 1 unspecified atom stereocenters. The SMILES string of the molecule is CNC(=O)Cn1cc(-c2ccc3c(c2)[C@@H](O)C[C@]32NC(=O)N(CC(=O)N(Cc3cc(F)cc(F)c3)C(C)C(F)(F)F)C2=O)cn1. The van der Waals surface area contributed by atoms with Crippen molar-refractivity contribution in [1.29, 1.82) is 0 Å². The van der Waals surface area contributed by atoms with Crippen LogP contribution in [-0.4, -0.2) is 74.3 Å². The van der Waals surface area contributed by atoms with Gasteiger partial charge in [0.2, 0.25) is 11.8 Å². The maximum absolute atomic E-state index is 13.7. The Morgan fingerprint density at radius 3 is 2.47 bits per heavy atom. The molecule has 2 heterocycles. The van der Waals surface area contributed by atoms with Gasteiger partial charge in [-0.05, 0) is 47.4 Å². The third kappa shape index (κ3) is 5.96. The van der Waals surface area contributed by atoms with E-state index < -0.39 is 66.4 Å². The Hall–Kier alpha value is -4.86.